The number of rotatable bonds is 4. The second kappa shape index (κ2) is 5.93. The first-order valence-corrected chi connectivity index (χ1v) is 5.31. The summed E-state index contributed by atoms with van der Waals surface area (Å²) in [6.45, 7) is 0.398. The number of nitrogens with one attached hydrogen (secondary N) is 1. The van der Waals surface area contributed by atoms with Gasteiger partial charge in [0.15, 0.2) is 0 Å². The fraction of sp³-hybridized carbons (Fsp3) is 0.300. The van der Waals surface area contributed by atoms with Crippen molar-refractivity contribution >= 4 is 29.1 Å². The first kappa shape index (κ1) is 12.3. The number of benzene rings is 1. The Morgan fingerprint density at radius 3 is 2.87 bits per heavy atom. The maximum atomic E-state index is 12.8. The predicted molar refractivity (Wildman–Crippen MR) is 58.8 cm³/mol. The lowest BCUT2D eigenvalue weighted by Gasteiger charge is -2.05. The highest BCUT2D eigenvalue weighted by molar-refractivity contribution is 6.31. The van der Waals surface area contributed by atoms with E-state index in [1.165, 1.54) is 18.2 Å². The van der Waals surface area contributed by atoms with Gasteiger partial charge in [-0.25, -0.2) is 4.39 Å². The van der Waals surface area contributed by atoms with E-state index in [2.05, 4.69) is 5.32 Å². The summed E-state index contributed by atoms with van der Waals surface area (Å²) in [5, 5.41) is 3.07. The molecule has 1 amide bonds. The number of hydrogen-bond donors (Lipinski definition) is 1. The molecule has 2 nitrogen and oxygen atoms in total. The Bertz CT molecular complexity index is 357. The van der Waals surface area contributed by atoms with Crippen molar-refractivity contribution in [3.63, 3.8) is 0 Å². The minimum atomic E-state index is -0.335. The zero-order valence-corrected chi connectivity index (χ0v) is 9.41. The van der Waals surface area contributed by atoms with E-state index < -0.39 is 0 Å². The van der Waals surface area contributed by atoms with Crippen LogP contribution >= 0.6 is 23.2 Å². The van der Waals surface area contributed by atoms with Gasteiger partial charge in [0.05, 0.1) is 0 Å². The molecule has 1 aromatic carbocycles. The minimum absolute atomic E-state index is 0.0725. The van der Waals surface area contributed by atoms with Crippen molar-refractivity contribution < 1.29 is 9.18 Å². The summed E-state index contributed by atoms with van der Waals surface area (Å²) in [6, 6.07) is 4.15. The van der Waals surface area contributed by atoms with Gasteiger partial charge in [-0.3, -0.25) is 4.79 Å². The fourth-order valence-electron chi connectivity index (χ4n) is 1.12. The second-order valence-corrected chi connectivity index (χ2v) is 3.64. The van der Waals surface area contributed by atoms with Crippen LogP contribution in [0.5, 0.6) is 0 Å². The van der Waals surface area contributed by atoms with Crippen molar-refractivity contribution in [3.05, 3.63) is 34.6 Å². The summed E-state index contributed by atoms with van der Waals surface area (Å²) in [5.41, 5.74) is 0.673. The third-order valence-corrected chi connectivity index (χ3v) is 2.46. The van der Waals surface area contributed by atoms with E-state index in [9.17, 15) is 9.18 Å². The molecule has 0 saturated heterocycles. The monoisotopic (exact) mass is 249 g/mol. The number of hydrogen-bond acceptors (Lipinski definition) is 1. The fourth-order valence-corrected chi connectivity index (χ4v) is 1.43. The number of carbonyl (C=O) groups excluding carboxylic acids is 1. The average molecular weight is 250 g/mol. The lowest BCUT2D eigenvalue weighted by Crippen LogP contribution is -2.26. The van der Waals surface area contributed by atoms with Crippen molar-refractivity contribution in [2.24, 2.45) is 0 Å². The average Bonchev–Trinajstić information content (AvgIpc) is 2.23. The van der Waals surface area contributed by atoms with E-state index >= 15 is 0 Å². The van der Waals surface area contributed by atoms with Crippen LogP contribution in [0.4, 0.5) is 4.39 Å². The van der Waals surface area contributed by atoms with E-state index in [-0.39, 0.29) is 17.6 Å². The van der Waals surface area contributed by atoms with Crippen LogP contribution in [0, 0.1) is 5.82 Å². The van der Waals surface area contributed by atoms with Gasteiger partial charge in [0.1, 0.15) is 11.7 Å². The molecule has 15 heavy (non-hydrogen) atoms. The molecule has 1 N–H and O–H groups in total. The molecule has 1 rings (SSSR count). The molecule has 0 radical (unpaired) electrons. The molecule has 82 valence electrons. The van der Waals surface area contributed by atoms with Crippen LogP contribution in [0.25, 0.3) is 0 Å². The standard InChI is InChI=1S/C10H10Cl2FNO/c11-6-10(15)14-4-3-7-5-8(13)1-2-9(7)12/h1-2,5H,3-4,6H2,(H,14,15). The number of halogens is 3. The zero-order valence-electron chi connectivity index (χ0n) is 7.90. The summed E-state index contributed by atoms with van der Waals surface area (Å²) in [5.74, 6) is -0.654. The Hall–Kier alpha value is -0.800. The molecular formula is C10H10Cl2FNO. The number of carbonyl (C=O) groups is 1. The third-order valence-electron chi connectivity index (χ3n) is 1.85. The smallest absolute Gasteiger partial charge is 0.234 e. The molecule has 1 aromatic rings. The molecule has 0 saturated carbocycles. The predicted octanol–water partition coefficient (Wildman–Crippen LogP) is 2.38. The lowest BCUT2D eigenvalue weighted by molar-refractivity contribution is -0.118. The summed E-state index contributed by atoms with van der Waals surface area (Å²) in [4.78, 5) is 10.8. The van der Waals surface area contributed by atoms with Gasteiger partial charge in [-0.15, -0.1) is 11.6 Å². The van der Waals surface area contributed by atoms with E-state index in [4.69, 9.17) is 23.2 Å². The van der Waals surface area contributed by atoms with E-state index in [1.807, 2.05) is 0 Å². The van der Waals surface area contributed by atoms with Crippen molar-refractivity contribution in [1.29, 1.82) is 0 Å². The summed E-state index contributed by atoms with van der Waals surface area (Å²) < 4.78 is 12.8. The SMILES string of the molecule is O=C(CCl)NCCc1cc(F)ccc1Cl. The molecule has 0 bridgehead atoms. The van der Waals surface area contributed by atoms with Crippen LogP contribution in [0.15, 0.2) is 18.2 Å². The first-order valence-electron chi connectivity index (χ1n) is 4.40. The van der Waals surface area contributed by atoms with Gasteiger partial charge in [-0.05, 0) is 30.2 Å². The molecule has 0 aliphatic carbocycles. The van der Waals surface area contributed by atoms with Crippen LogP contribution < -0.4 is 5.32 Å². The van der Waals surface area contributed by atoms with Gasteiger partial charge in [0.25, 0.3) is 0 Å². The van der Waals surface area contributed by atoms with Crippen molar-refractivity contribution in [3.8, 4) is 0 Å². The van der Waals surface area contributed by atoms with Crippen LogP contribution in [0.3, 0.4) is 0 Å². The number of amides is 1. The van der Waals surface area contributed by atoms with E-state index in [1.54, 1.807) is 0 Å². The highest BCUT2D eigenvalue weighted by atomic mass is 35.5. The molecule has 0 fully saturated rings. The highest BCUT2D eigenvalue weighted by Crippen LogP contribution is 2.17. The quantitative estimate of drug-likeness (QED) is 0.816. The van der Waals surface area contributed by atoms with Gasteiger partial charge in [0, 0.05) is 11.6 Å². The summed E-state index contributed by atoms with van der Waals surface area (Å²) in [6.07, 6.45) is 0.485. The Labute approximate surface area is 97.4 Å². The molecule has 0 aliphatic heterocycles. The highest BCUT2D eigenvalue weighted by Gasteiger charge is 2.03. The molecule has 0 spiro atoms. The van der Waals surface area contributed by atoms with E-state index in [0.717, 1.165) is 0 Å². The van der Waals surface area contributed by atoms with Crippen LogP contribution in [-0.4, -0.2) is 18.3 Å². The Balaban J connectivity index is 2.50. The summed E-state index contributed by atoms with van der Waals surface area (Å²) >= 11 is 11.1. The lowest BCUT2D eigenvalue weighted by atomic mass is 10.1. The molecular weight excluding hydrogens is 240 g/mol. The van der Waals surface area contributed by atoms with Crippen LogP contribution in [-0.2, 0) is 11.2 Å². The van der Waals surface area contributed by atoms with Gasteiger partial charge in [0.2, 0.25) is 5.91 Å². The maximum Gasteiger partial charge on any atom is 0.234 e. The molecule has 0 heterocycles. The summed E-state index contributed by atoms with van der Waals surface area (Å²) in [7, 11) is 0. The van der Waals surface area contributed by atoms with E-state index in [0.29, 0.717) is 23.6 Å². The largest absolute Gasteiger partial charge is 0.355 e. The number of alkyl halides is 1. The topological polar surface area (TPSA) is 29.1 Å². The maximum absolute atomic E-state index is 12.8. The molecule has 0 atom stereocenters. The molecule has 0 aliphatic rings. The minimum Gasteiger partial charge on any atom is -0.355 e. The van der Waals surface area contributed by atoms with Gasteiger partial charge < -0.3 is 5.32 Å². The zero-order chi connectivity index (χ0) is 11.3. The molecule has 0 unspecified atom stereocenters. The second-order valence-electron chi connectivity index (χ2n) is 2.97. The first-order chi connectivity index (χ1) is 7.13. The van der Waals surface area contributed by atoms with Gasteiger partial charge in [-0.2, -0.15) is 0 Å². The van der Waals surface area contributed by atoms with Crippen molar-refractivity contribution in [1.82, 2.24) is 5.32 Å². The normalized spacial score (nSPS) is 10.1. The molecule has 0 aromatic heterocycles. The van der Waals surface area contributed by atoms with Gasteiger partial charge in [-0.1, -0.05) is 11.6 Å². The Morgan fingerprint density at radius 1 is 1.47 bits per heavy atom. The third kappa shape index (κ3) is 4.06. The van der Waals surface area contributed by atoms with Crippen molar-refractivity contribution in [2.75, 3.05) is 12.4 Å². The Kier molecular flexibility index (Phi) is 4.85. The van der Waals surface area contributed by atoms with Crippen LogP contribution in [0.2, 0.25) is 5.02 Å². The van der Waals surface area contributed by atoms with Crippen molar-refractivity contribution in [2.45, 2.75) is 6.42 Å². The Morgan fingerprint density at radius 2 is 2.20 bits per heavy atom. The molecule has 5 heteroatoms. The van der Waals surface area contributed by atoms with Gasteiger partial charge >= 0.3 is 0 Å². The van der Waals surface area contributed by atoms with Crippen LogP contribution in [0.1, 0.15) is 5.56 Å².